The molecule has 4 rings (SSSR count). The van der Waals surface area contributed by atoms with Crippen molar-refractivity contribution in [2.24, 2.45) is 5.10 Å². The van der Waals surface area contributed by atoms with E-state index >= 15 is 0 Å². The molecule has 1 saturated heterocycles. The topological polar surface area (TPSA) is 56.2 Å². The van der Waals surface area contributed by atoms with Crippen LogP contribution in [0.15, 0.2) is 58.1 Å². The molecule has 0 aliphatic carbocycles. The van der Waals surface area contributed by atoms with E-state index in [1.165, 1.54) is 34.2 Å². The van der Waals surface area contributed by atoms with Crippen LogP contribution in [0.5, 0.6) is 0 Å². The van der Waals surface area contributed by atoms with Crippen LogP contribution in [0.3, 0.4) is 0 Å². The Morgan fingerprint density at radius 3 is 2.41 bits per heavy atom. The van der Waals surface area contributed by atoms with E-state index in [1.807, 2.05) is 31.2 Å². The number of hydrazone groups is 1. The van der Waals surface area contributed by atoms with E-state index in [1.54, 1.807) is 4.90 Å². The van der Waals surface area contributed by atoms with Gasteiger partial charge in [-0.1, -0.05) is 28.1 Å². The molecule has 0 N–H and O–H groups in total. The van der Waals surface area contributed by atoms with Crippen molar-refractivity contribution < 1.29 is 14.0 Å². The van der Waals surface area contributed by atoms with E-state index in [4.69, 9.17) is 12.2 Å². The average Bonchev–Trinajstić information content (AvgIpc) is 2.85. The van der Waals surface area contributed by atoms with E-state index in [-0.39, 0.29) is 23.3 Å². The van der Waals surface area contributed by atoms with Crippen molar-refractivity contribution >= 4 is 56.6 Å². The molecule has 2 aromatic rings. The molecular formula is C20H16BrFN4O2S. The quantitative estimate of drug-likeness (QED) is 0.638. The van der Waals surface area contributed by atoms with E-state index in [0.29, 0.717) is 18.1 Å². The van der Waals surface area contributed by atoms with Crippen LogP contribution in [0.25, 0.3) is 0 Å². The fourth-order valence-corrected chi connectivity index (χ4v) is 4.01. The number of carbonyl (C=O) groups is 2. The first kappa shape index (κ1) is 19.7. The minimum absolute atomic E-state index is 0.0476. The lowest BCUT2D eigenvalue weighted by Crippen LogP contribution is -2.39. The maximum Gasteiger partial charge on any atom is 0.258 e. The molecule has 9 heteroatoms. The Bertz CT molecular complexity index is 1030. The summed E-state index contributed by atoms with van der Waals surface area (Å²) in [5.74, 6) is -0.542. The van der Waals surface area contributed by atoms with Gasteiger partial charge in [0.15, 0.2) is 5.84 Å². The second kappa shape index (κ2) is 7.64. The number of rotatable bonds is 3. The van der Waals surface area contributed by atoms with Crippen molar-refractivity contribution in [2.45, 2.75) is 19.4 Å². The van der Waals surface area contributed by atoms with Gasteiger partial charge in [0, 0.05) is 16.6 Å². The Morgan fingerprint density at radius 1 is 1.14 bits per heavy atom. The third kappa shape index (κ3) is 3.44. The number of benzene rings is 2. The van der Waals surface area contributed by atoms with Gasteiger partial charge < -0.3 is 0 Å². The van der Waals surface area contributed by atoms with Gasteiger partial charge in [0.1, 0.15) is 11.9 Å². The number of amides is 2. The molecule has 29 heavy (non-hydrogen) atoms. The second-order valence-electron chi connectivity index (χ2n) is 6.57. The van der Waals surface area contributed by atoms with Crippen molar-refractivity contribution in [1.82, 2.24) is 9.91 Å². The predicted octanol–water partition coefficient (Wildman–Crippen LogP) is 3.50. The van der Waals surface area contributed by atoms with Gasteiger partial charge >= 0.3 is 0 Å². The van der Waals surface area contributed by atoms with Gasteiger partial charge in [0.2, 0.25) is 11.0 Å². The molecule has 0 radical (unpaired) electrons. The van der Waals surface area contributed by atoms with Crippen molar-refractivity contribution in [2.75, 3.05) is 11.4 Å². The maximum absolute atomic E-state index is 13.3. The molecule has 2 heterocycles. The summed E-state index contributed by atoms with van der Waals surface area (Å²) in [5.41, 5.74) is 1.18. The summed E-state index contributed by atoms with van der Waals surface area (Å²) < 4.78 is 14.2. The lowest BCUT2D eigenvalue weighted by molar-refractivity contribution is -0.130. The zero-order chi connectivity index (χ0) is 20.7. The molecule has 1 atom stereocenters. The molecule has 2 aromatic carbocycles. The van der Waals surface area contributed by atoms with Crippen molar-refractivity contribution in [3.8, 4) is 0 Å². The summed E-state index contributed by atoms with van der Waals surface area (Å²) in [6.45, 7) is 2.27. The molecule has 0 saturated carbocycles. The molecule has 0 bridgehead atoms. The fraction of sp³-hybridized carbons (Fsp3) is 0.200. The first-order valence-corrected chi connectivity index (χ1v) is 10.2. The van der Waals surface area contributed by atoms with Crippen LogP contribution in [0.4, 0.5) is 10.1 Å². The maximum atomic E-state index is 13.3. The molecule has 2 aliphatic rings. The Morgan fingerprint density at radius 2 is 1.79 bits per heavy atom. The molecule has 2 amide bonds. The second-order valence-corrected chi connectivity index (χ2v) is 7.85. The highest BCUT2D eigenvalue weighted by Crippen LogP contribution is 2.30. The highest BCUT2D eigenvalue weighted by molar-refractivity contribution is 9.10. The zero-order valence-electron chi connectivity index (χ0n) is 15.4. The lowest BCUT2D eigenvalue weighted by Gasteiger charge is -2.22. The monoisotopic (exact) mass is 474 g/mol. The smallest absolute Gasteiger partial charge is 0.258 e. The molecule has 2 aliphatic heterocycles. The molecular weight excluding hydrogens is 459 g/mol. The van der Waals surface area contributed by atoms with Crippen LogP contribution in [-0.2, 0) is 9.59 Å². The van der Waals surface area contributed by atoms with Crippen LogP contribution in [0.2, 0.25) is 0 Å². The van der Waals surface area contributed by atoms with Crippen LogP contribution in [0, 0.1) is 5.82 Å². The highest BCUT2D eigenvalue weighted by atomic mass is 79.9. The third-order valence-corrected chi connectivity index (χ3v) is 5.72. The Kier molecular flexibility index (Phi) is 5.18. The van der Waals surface area contributed by atoms with Crippen molar-refractivity contribution in [3.63, 3.8) is 0 Å². The standard InChI is InChI=1S/C20H16BrFN4O2S/c1-2-24-17(27)11-16-19(28)25(15-9-7-14(22)8-10-15)20(29)26(16)23-18(24)12-3-5-13(21)6-4-12/h3-10,16H,2,11H2,1H3/t16-/m0/s1. The lowest BCUT2D eigenvalue weighted by atomic mass is 10.1. The van der Waals surface area contributed by atoms with E-state index in [0.717, 1.165) is 10.0 Å². The number of amidine groups is 1. The van der Waals surface area contributed by atoms with E-state index < -0.39 is 11.9 Å². The minimum Gasteiger partial charge on any atom is -0.295 e. The van der Waals surface area contributed by atoms with Crippen LogP contribution in [0.1, 0.15) is 18.9 Å². The predicted molar refractivity (Wildman–Crippen MR) is 115 cm³/mol. The van der Waals surface area contributed by atoms with Crippen LogP contribution in [-0.4, -0.2) is 45.3 Å². The van der Waals surface area contributed by atoms with Crippen molar-refractivity contribution in [3.05, 3.63) is 64.4 Å². The van der Waals surface area contributed by atoms with Gasteiger partial charge in [-0.25, -0.2) is 9.40 Å². The number of nitrogens with zero attached hydrogens (tertiary/aromatic N) is 4. The fourth-order valence-electron chi connectivity index (χ4n) is 3.39. The molecule has 0 aromatic heterocycles. The summed E-state index contributed by atoms with van der Waals surface area (Å²) >= 11 is 8.92. The molecule has 6 nitrogen and oxygen atoms in total. The van der Waals surface area contributed by atoms with Crippen LogP contribution < -0.4 is 4.90 Å². The number of hydrogen-bond acceptors (Lipinski definition) is 4. The Hall–Kier alpha value is -2.65. The minimum atomic E-state index is -0.831. The first-order chi connectivity index (χ1) is 13.9. The number of fused-ring (bicyclic) bond motifs is 1. The first-order valence-electron chi connectivity index (χ1n) is 8.98. The van der Waals surface area contributed by atoms with Crippen LogP contribution >= 0.6 is 28.1 Å². The summed E-state index contributed by atoms with van der Waals surface area (Å²) in [6.07, 6.45) is -0.0476. The summed E-state index contributed by atoms with van der Waals surface area (Å²) in [6, 6.07) is 12.0. The van der Waals surface area contributed by atoms with E-state index in [2.05, 4.69) is 21.0 Å². The number of hydrogen-bond donors (Lipinski definition) is 0. The number of carbonyl (C=O) groups excluding carboxylic acids is 2. The van der Waals surface area contributed by atoms with Gasteiger partial charge in [-0.3, -0.25) is 19.4 Å². The average molecular weight is 475 g/mol. The molecule has 0 spiro atoms. The summed E-state index contributed by atoms with van der Waals surface area (Å²) in [7, 11) is 0. The molecule has 148 valence electrons. The Labute approximate surface area is 180 Å². The number of halogens is 2. The van der Waals surface area contributed by atoms with Gasteiger partial charge in [-0.05, 0) is 55.5 Å². The summed E-state index contributed by atoms with van der Waals surface area (Å²) in [5, 5.41) is 6.21. The van der Waals surface area contributed by atoms with E-state index in [9.17, 15) is 14.0 Å². The third-order valence-electron chi connectivity index (χ3n) is 4.82. The summed E-state index contributed by atoms with van der Waals surface area (Å²) in [4.78, 5) is 28.9. The van der Waals surface area contributed by atoms with Gasteiger partial charge in [-0.2, -0.15) is 5.10 Å². The highest BCUT2D eigenvalue weighted by Gasteiger charge is 2.47. The SMILES string of the molecule is CCN1C(=O)C[C@H]2C(=O)N(c3ccc(F)cc3)C(=S)N2N=C1c1ccc(Br)cc1. The van der Waals surface area contributed by atoms with Crippen molar-refractivity contribution in [1.29, 1.82) is 0 Å². The zero-order valence-corrected chi connectivity index (χ0v) is 17.8. The van der Waals surface area contributed by atoms with Gasteiger partial charge in [0.25, 0.3) is 5.91 Å². The molecule has 0 unspecified atom stereocenters. The van der Waals surface area contributed by atoms with Gasteiger partial charge in [-0.15, -0.1) is 0 Å². The number of anilines is 1. The normalized spacial score (nSPS) is 19.4. The number of thiocarbonyl (C=S) groups is 1. The Balaban J connectivity index is 1.79. The molecule has 1 fully saturated rings. The largest absolute Gasteiger partial charge is 0.295 e. The van der Waals surface area contributed by atoms with Gasteiger partial charge in [0.05, 0.1) is 12.1 Å².